The van der Waals surface area contributed by atoms with Gasteiger partial charge in [-0.2, -0.15) is 0 Å². The zero-order valence-corrected chi connectivity index (χ0v) is 11.7. The lowest BCUT2D eigenvalue weighted by atomic mass is 10.1. The number of hydrogen-bond donors (Lipinski definition) is 1. The number of carbonyl (C=O) groups is 1. The molecule has 1 unspecified atom stereocenters. The Morgan fingerprint density at radius 3 is 2.42 bits per heavy atom. The molecule has 106 valence electrons. The molecule has 0 aromatic heterocycles. The summed E-state index contributed by atoms with van der Waals surface area (Å²) < 4.78 is 15.8. The van der Waals surface area contributed by atoms with Gasteiger partial charge in [0.2, 0.25) is 0 Å². The molecule has 1 rings (SSSR count). The van der Waals surface area contributed by atoms with E-state index in [1.165, 1.54) is 0 Å². The summed E-state index contributed by atoms with van der Waals surface area (Å²) in [6.45, 7) is 3.61. The van der Waals surface area contributed by atoms with Gasteiger partial charge < -0.3 is 19.3 Å². The van der Waals surface area contributed by atoms with Gasteiger partial charge in [-0.15, -0.1) is 0 Å². The van der Waals surface area contributed by atoms with Crippen molar-refractivity contribution in [3.05, 3.63) is 23.8 Å². The predicted octanol–water partition coefficient (Wildman–Crippen LogP) is 2.12. The Morgan fingerprint density at radius 1 is 1.26 bits per heavy atom. The summed E-state index contributed by atoms with van der Waals surface area (Å²) >= 11 is 0. The van der Waals surface area contributed by atoms with Crippen LogP contribution in [0, 0.1) is 0 Å². The van der Waals surface area contributed by atoms with Crippen LogP contribution in [0.1, 0.15) is 19.4 Å². The molecule has 0 saturated heterocycles. The monoisotopic (exact) mass is 268 g/mol. The van der Waals surface area contributed by atoms with Crippen molar-refractivity contribution in [2.75, 3.05) is 14.2 Å². The Kier molecular flexibility index (Phi) is 5.63. The van der Waals surface area contributed by atoms with Gasteiger partial charge in [0.25, 0.3) is 0 Å². The fourth-order valence-corrected chi connectivity index (χ4v) is 1.76. The highest BCUT2D eigenvalue weighted by atomic mass is 16.5. The van der Waals surface area contributed by atoms with Crippen LogP contribution in [0.2, 0.25) is 0 Å². The fraction of sp³-hybridized carbons (Fsp3) is 0.500. The molecule has 0 aliphatic carbocycles. The first-order chi connectivity index (χ1) is 8.97. The molecule has 0 amide bonds. The highest BCUT2D eigenvalue weighted by molar-refractivity contribution is 5.73. The summed E-state index contributed by atoms with van der Waals surface area (Å²) in [5.74, 6) is 0.294. The summed E-state index contributed by atoms with van der Waals surface area (Å²) in [6, 6.07) is 5.28. The lowest BCUT2D eigenvalue weighted by Gasteiger charge is -2.18. The molecule has 1 atom stereocenters. The third-order valence-corrected chi connectivity index (χ3v) is 2.60. The number of benzene rings is 1. The maximum Gasteiger partial charge on any atom is 0.333 e. The summed E-state index contributed by atoms with van der Waals surface area (Å²) in [7, 11) is 3.11. The van der Waals surface area contributed by atoms with Crippen LogP contribution in [0.25, 0.3) is 0 Å². The molecule has 5 nitrogen and oxygen atoms in total. The molecule has 1 N–H and O–H groups in total. The minimum Gasteiger partial charge on any atom is -0.497 e. The van der Waals surface area contributed by atoms with E-state index in [0.29, 0.717) is 11.5 Å². The van der Waals surface area contributed by atoms with Gasteiger partial charge in [0.05, 0.1) is 20.3 Å². The Hall–Kier alpha value is -1.75. The predicted molar refractivity (Wildman–Crippen MR) is 70.9 cm³/mol. The largest absolute Gasteiger partial charge is 0.497 e. The van der Waals surface area contributed by atoms with Crippen molar-refractivity contribution in [2.45, 2.75) is 32.5 Å². The van der Waals surface area contributed by atoms with Gasteiger partial charge in [-0.3, -0.25) is 0 Å². The standard InChI is InChI=1S/C14H20O5/c1-9(2)19-13(14(15)16)8-10-7-11(17-3)5-6-12(10)18-4/h5-7,9,13H,8H2,1-4H3,(H,15,16). The van der Waals surface area contributed by atoms with Crippen LogP contribution in [-0.4, -0.2) is 37.5 Å². The lowest BCUT2D eigenvalue weighted by molar-refractivity contribution is -0.153. The number of aliphatic carboxylic acids is 1. The first-order valence-corrected chi connectivity index (χ1v) is 6.07. The Morgan fingerprint density at radius 2 is 1.95 bits per heavy atom. The average Bonchev–Trinajstić information content (AvgIpc) is 2.37. The van der Waals surface area contributed by atoms with Crippen molar-refractivity contribution in [1.82, 2.24) is 0 Å². The third kappa shape index (κ3) is 4.44. The maximum absolute atomic E-state index is 11.2. The van der Waals surface area contributed by atoms with Crippen LogP contribution in [0.15, 0.2) is 18.2 Å². The van der Waals surface area contributed by atoms with Gasteiger partial charge in [-0.05, 0) is 32.0 Å². The molecule has 1 aromatic rings. The van der Waals surface area contributed by atoms with Crippen LogP contribution < -0.4 is 9.47 Å². The zero-order chi connectivity index (χ0) is 14.4. The number of methoxy groups -OCH3 is 2. The number of hydrogen-bond acceptors (Lipinski definition) is 4. The van der Waals surface area contributed by atoms with Crippen LogP contribution in [-0.2, 0) is 16.0 Å². The molecular weight excluding hydrogens is 248 g/mol. The van der Waals surface area contributed by atoms with Crippen LogP contribution in [0.3, 0.4) is 0 Å². The van der Waals surface area contributed by atoms with E-state index in [4.69, 9.17) is 14.2 Å². The molecule has 0 bridgehead atoms. The van der Waals surface area contributed by atoms with Crippen LogP contribution >= 0.6 is 0 Å². The van der Waals surface area contributed by atoms with E-state index in [2.05, 4.69) is 0 Å². The minimum absolute atomic E-state index is 0.155. The van der Waals surface area contributed by atoms with Crippen molar-refractivity contribution in [1.29, 1.82) is 0 Å². The molecular formula is C14H20O5. The molecule has 19 heavy (non-hydrogen) atoms. The summed E-state index contributed by atoms with van der Waals surface area (Å²) in [4.78, 5) is 11.2. The quantitative estimate of drug-likeness (QED) is 0.820. The number of ether oxygens (including phenoxy) is 3. The molecule has 0 saturated carbocycles. The number of carboxylic acid groups (broad SMARTS) is 1. The highest BCUT2D eigenvalue weighted by Crippen LogP contribution is 2.26. The van der Waals surface area contributed by atoms with Crippen molar-refractivity contribution < 1.29 is 24.1 Å². The number of carboxylic acids is 1. The molecule has 0 fully saturated rings. The second-order valence-corrected chi connectivity index (χ2v) is 4.39. The molecule has 1 aromatic carbocycles. The molecule has 0 radical (unpaired) electrons. The minimum atomic E-state index is -0.987. The summed E-state index contributed by atoms with van der Waals surface area (Å²) in [5.41, 5.74) is 0.745. The van der Waals surface area contributed by atoms with Gasteiger partial charge in [-0.1, -0.05) is 0 Å². The molecule has 0 spiro atoms. The fourth-order valence-electron chi connectivity index (χ4n) is 1.76. The highest BCUT2D eigenvalue weighted by Gasteiger charge is 2.22. The van der Waals surface area contributed by atoms with Crippen molar-refractivity contribution in [3.63, 3.8) is 0 Å². The SMILES string of the molecule is COc1ccc(OC)c(CC(OC(C)C)C(=O)O)c1. The van der Waals surface area contributed by atoms with Gasteiger partial charge in [0.15, 0.2) is 6.10 Å². The van der Waals surface area contributed by atoms with Gasteiger partial charge in [-0.25, -0.2) is 4.79 Å². The Bertz CT molecular complexity index is 428. The Balaban J connectivity index is 2.96. The lowest BCUT2D eigenvalue weighted by Crippen LogP contribution is -2.29. The molecule has 5 heteroatoms. The van der Waals surface area contributed by atoms with E-state index in [1.807, 2.05) is 0 Å². The topological polar surface area (TPSA) is 65.0 Å². The van der Waals surface area contributed by atoms with Gasteiger partial charge in [0.1, 0.15) is 11.5 Å². The van der Waals surface area contributed by atoms with E-state index in [-0.39, 0.29) is 12.5 Å². The Labute approximate surface area is 113 Å². The smallest absolute Gasteiger partial charge is 0.333 e. The van der Waals surface area contributed by atoms with Crippen LogP contribution in [0.4, 0.5) is 0 Å². The maximum atomic E-state index is 11.2. The first-order valence-electron chi connectivity index (χ1n) is 6.07. The van der Waals surface area contributed by atoms with E-state index in [9.17, 15) is 9.90 Å². The summed E-state index contributed by atoms with van der Waals surface area (Å²) in [6.07, 6.45) is -0.827. The first kappa shape index (κ1) is 15.3. The summed E-state index contributed by atoms with van der Waals surface area (Å²) in [5, 5.41) is 9.18. The van der Waals surface area contributed by atoms with E-state index >= 15 is 0 Å². The average molecular weight is 268 g/mol. The van der Waals surface area contributed by atoms with Gasteiger partial charge in [0, 0.05) is 12.0 Å². The van der Waals surface area contributed by atoms with Gasteiger partial charge >= 0.3 is 5.97 Å². The van der Waals surface area contributed by atoms with E-state index in [1.54, 1.807) is 46.3 Å². The van der Waals surface area contributed by atoms with E-state index in [0.717, 1.165) is 5.56 Å². The second-order valence-electron chi connectivity index (χ2n) is 4.39. The zero-order valence-electron chi connectivity index (χ0n) is 11.7. The normalized spacial score (nSPS) is 12.3. The molecule has 0 aliphatic heterocycles. The van der Waals surface area contributed by atoms with Crippen LogP contribution in [0.5, 0.6) is 11.5 Å². The number of rotatable bonds is 7. The van der Waals surface area contributed by atoms with Crippen molar-refractivity contribution in [2.24, 2.45) is 0 Å². The second kappa shape index (κ2) is 6.99. The van der Waals surface area contributed by atoms with E-state index < -0.39 is 12.1 Å². The third-order valence-electron chi connectivity index (χ3n) is 2.60. The molecule has 0 aliphatic rings. The van der Waals surface area contributed by atoms with Crippen molar-refractivity contribution >= 4 is 5.97 Å². The molecule has 0 heterocycles. The van der Waals surface area contributed by atoms with Crippen molar-refractivity contribution in [3.8, 4) is 11.5 Å².